The Bertz CT molecular complexity index is 200. The van der Waals surface area contributed by atoms with Crippen molar-refractivity contribution in [2.75, 3.05) is 0 Å². The van der Waals surface area contributed by atoms with Crippen LogP contribution in [-0.2, 0) is 4.79 Å². The summed E-state index contributed by atoms with van der Waals surface area (Å²) in [5, 5.41) is 16.8. The first-order chi connectivity index (χ1) is 4.57. The van der Waals surface area contributed by atoms with Crippen LogP contribution in [0.25, 0.3) is 0 Å². The highest BCUT2D eigenvalue weighted by Gasteiger charge is 2.45. The van der Waals surface area contributed by atoms with Gasteiger partial charge in [0.2, 0.25) is 0 Å². The SMILES string of the molecule is N#CC1(N)CC(C(=O)O)C1. The molecule has 10 heavy (non-hydrogen) atoms. The third-order valence-electron chi connectivity index (χ3n) is 1.79. The number of carbonyl (C=O) groups is 1. The largest absolute Gasteiger partial charge is 0.481 e. The van der Waals surface area contributed by atoms with E-state index in [1.807, 2.05) is 6.07 Å². The quantitative estimate of drug-likeness (QED) is 0.523. The Morgan fingerprint density at radius 1 is 1.80 bits per heavy atom. The highest BCUT2D eigenvalue weighted by Crippen LogP contribution is 2.34. The van der Waals surface area contributed by atoms with E-state index in [9.17, 15) is 4.79 Å². The predicted molar refractivity (Wildman–Crippen MR) is 32.9 cm³/mol. The molecule has 0 spiro atoms. The molecule has 1 fully saturated rings. The Balaban J connectivity index is 2.46. The Hall–Kier alpha value is -1.08. The Labute approximate surface area is 58.2 Å². The van der Waals surface area contributed by atoms with Gasteiger partial charge in [0.15, 0.2) is 0 Å². The second kappa shape index (κ2) is 1.96. The second-order valence-electron chi connectivity index (χ2n) is 2.71. The molecule has 0 heterocycles. The van der Waals surface area contributed by atoms with Gasteiger partial charge in [0.25, 0.3) is 0 Å². The van der Waals surface area contributed by atoms with E-state index in [0.717, 1.165) is 0 Å². The van der Waals surface area contributed by atoms with Crippen molar-refractivity contribution in [3.63, 3.8) is 0 Å². The molecule has 0 aromatic carbocycles. The van der Waals surface area contributed by atoms with Crippen LogP contribution in [0, 0.1) is 17.2 Å². The van der Waals surface area contributed by atoms with Gasteiger partial charge in [-0.1, -0.05) is 0 Å². The predicted octanol–water partition coefficient (Wildman–Crippen LogP) is -0.298. The molecule has 1 aliphatic rings. The van der Waals surface area contributed by atoms with Gasteiger partial charge < -0.3 is 10.8 Å². The summed E-state index contributed by atoms with van der Waals surface area (Å²) < 4.78 is 0. The topological polar surface area (TPSA) is 87.1 Å². The molecule has 1 aliphatic carbocycles. The molecule has 1 rings (SSSR count). The smallest absolute Gasteiger partial charge is 0.306 e. The summed E-state index contributed by atoms with van der Waals surface area (Å²) in [5.41, 5.74) is 4.55. The lowest BCUT2D eigenvalue weighted by atomic mass is 9.70. The van der Waals surface area contributed by atoms with Crippen LogP contribution in [0.2, 0.25) is 0 Å². The molecule has 0 unspecified atom stereocenters. The van der Waals surface area contributed by atoms with Crippen molar-refractivity contribution in [1.29, 1.82) is 5.26 Å². The molecule has 0 aliphatic heterocycles. The first-order valence-electron chi connectivity index (χ1n) is 3.00. The zero-order valence-corrected chi connectivity index (χ0v) is 5.37. The van der Waals surface area contributed by atoms with Crippen LogP contribution in [0.1, 0.15) is 12.8 Å². The number of hydrogen-bond donors (Lipinski definition) is 2. The summed E-state index contributed by atoms with van der Waals surface area (Å²) in [4.78, 5) is 10.2. The van der Waals surface area contributed by atoms with Crippen molar-refractivity contribution in [2.45, 2.75) is 18.4 Å². The summed E-state index contributed by atoms with van der Waals surface area (Å²) in [5.74, 6) is -1.25. The van der Waals surface area contributed by atoms with Gasteiger partial charge in [0.1, 0.15) is 5.54 Å². The molecule has 0 saturated heterocycles. The van der Waals surface area contributed by atoms with E-state index in [-0.39, 0.29) is 0 Å². The number of carboxylic acids is 1. The van der Waals surface area contributed by atoms with Crippen LogP contribution < -0.4 is 5.73 Å². The van der Waals surface area contributed by atoms with Gasteiger partial charge in [0, 0.05) is 0 Å². The van der Waals surface area contributed by atoms with Gasteiger partial charge in [0.05, 0.1) is 12.0 Å². The molecule has 4 nitrogen and oxygen atoms in total. The van der Waals surface area contributed by atoms with E-state index in [0.29, 0.717) is 12.8 Å². The number of aliphatic carboxylic acids is 1. The zero-order valence-electron chi connectivity index (χ0n) is 5.37. The van der Waals surface area contributed by atoms with Crippen LogP contribution in [0.4, 0.5) is 0 Å². The fraction of sp³-hybridized carbons (Fsp3) is 0.667. The lowest BCUT2D eigenvalue weighted by Crippen LogP contribution is -2.52. The van der Waals surface area contributed by atoms with Crippen LogP contribution in [0.5, 0.6) is 0 Å². The third kappa shape index (κ3) is 0.957. The highest BCUT2D eigenvalue weighted by molar-refractivity contribution is 5.72. The lowest BCUT2D eigenvalue weighted by Gasteiger charge is -2.36. The molecular weight excluding hydrogens is 132 g/mol. The van der Waals surface area contributed by atoms with E-state index in [1.165, 1.54) is 0 Å². The monoisotopic (exact) mass is 140 g/mol. The number of rotatable bonds is 1. The molecule has 54 valence electrons. The molecule has 0 amide bonds. The normalized spacial score (nSPS) is 37.8. The number of hydrogen-bond acceptors (Lipinski definition) is 3. The minimum Gasteiger partial charge on any atom is -0.481 e. The number of nitriles is 1. The van der Waals surface area contributed by atoms with Crippen molar-refractivity contribution in [1.82, 2.24) is 0 Å². The van der Waals surface area contributed by atoms with E-state index in [4.69, 9.17) is 16.1 Å². The van der Waals surface area contributed by atoms with Crippen molar-refractivity contribution in [3.8, 4) is 6.07 Å². The van der Waals surface area contributed by atoms with E-state index >= 15 is 0 Å². The average Bonchev–Trinajstić information content (AvgIpc) is 1.80. The van der Waals surface area contributed by atoms with Crippen LogP contribution >= 0.6 is 0 Å². The molecule has 0 bridgehead atoms. The van der Waals surface area contributed by atoms with Gasteiger partial charge in [-0.15, -0.1) is 0 Å². The molecule has 0 aromatic heterocycles. The zero-order chi connectivity index (χ0) is 7.78. The summed E-state index contributed by atoms with van der Waals surface area (Å²) in [7, 11) is 0. The first-order valence-corrected chi connectivity index (χ1v) is 3.00. The Morgan fingerprint density at radius 3 is 2.60 bits per heavy atom. The Morgan fingerprint density at radius 2 is 2.30 bits per heavy atom. The summed E-state index contributed by atoms with van der Waals surface area (Å²) in [6.07, 6.45) is 0.581. The number of nitrogens with two attached hydrogens (primary N) is 1. The minimum absolute atomic E-state index is 0.291. The molecule has 1 saturated carbocycles. The number of nitrogens with zero attached hydrogens (tertiary/aromatic N) is 1. The summed E-state index contributed by atoms with van der Waals surface area (Å²) in [6, 6.07) is 1.88. The molecule has 0 atom stereocenters. The fourth-order valence-corrected chi connectivity index (χ4v) is 1.09. The maximum absolute atomic E-state index is 10.2. The molecular formula is C6H8N2O2. The van der Waals surface area contributed by atoms with Crippen molar-refractivity contribution < 1.29 is 9.90 Å². The summed E-state index contributed by atoms with van der Waals surface area (Å²) >= 11 is 0. The number of carboxylic acid groups (broad SMARTS) is 1. The van der Waals surface area contributed by atoms with Crippen LogP contribution in [0.15, 0.2) is 0 Å². The van der Waals surface area contributed by atoms with Crippen LogP contribution in [-0.4, -0.2) is 16.6 Å². The van der Waals surface area contributed by atoms with Gasteiger partial charge in [-0.2, -0.15) is 5.26 Å². The van der Waals surface area contributed by atoms with Crippen molar-refractivity contribution >= 4 is 5.97 Å². The lowest BCUT2D eigenvalue weighted by molar-refractivity contribution is -0.146. The van der Waals surface area contributed by atoms with Crippen LogP contribution in [0.3, 0.4) is 0 Å². The minimum atomic E-state index is -0.858. The van der Waals surface area contributed by atoms with E-state index < -0.39 is 17.4 Å². The highest BCUT2D eigenvalue weighted by atomic mass is 16.4. The van der Waals surface area contributed by atoms with E-state index in [2.05, 4.69) is 0 Å². The second-order valence-corrected chi connectivity index (χ2v) is 2.71. The molecule has 0 radical (unpaired) electrons. The summed E-state index contributed by atoms with van der Waals surface area (Å²) in [6.45, 7) is 0. The Kier molecular flexibility index (Phi) is 1.38. The fourth-order valence-electron chi connectivity index (χ4n) is 1.09. The van der Waals surface area contributed by atoms with Crippen molar-refractivity contribution in [2.24, 2.45) is 11.7 Å². The average molecular weight is 140 g/mol. The first kappa shape index (κ1) is 7.03. The van der Waals surface area contributed by atoms with Crippen molar-refractivity contribution in [3.05, 3.63) is 0 Å². The van der Waals surface area contributed by atoms with Gasteiger partial charge in [-0.25, -0.2) is 0 Å². The maximum atomic E-state index is 10.2. The third-order valence-corrected chi connectivity index (χ3v) is 1.79. The molecule has 0 aromatic rings. The van der Waals surface area contributed by atoms with Gasteiger partial charge in [-0.3, -0.25) is 4.79 Å². The van der Waals surface area contributed by atoms with Gasteiger partial charge in [-0.05, 0) is 12.8 Å². The van der Waals surface area contributed by atoms with Gasteiger partial charge >= 0.3 is 5.97 Å². The molecule has 4 heteroatoms. The molecule has 3 N–H and O–H groups in total. The standard InChI is InChI=1S/C6H8N2O2/c7-3-6(8)1-4(2-6)5(9)10/h4H,1-2,8H2,(H,9,10). The van der Waals surface area contributed by atoms with E-state index in [1.54, 1.807) is 0 Å². The maximum Gasteiger partial charge on any atom is 0.306 e.